The Hall–Kier alpha value is -3.29. The number of aryl methyl sites for hydroxylation is 1. The van der Waals surface area contributed by atoms with Gasteiger partial charge in [-0.3, -0.25) is 9.69 Å². The van der Waals surface area contributed by atoms with Crippen LogP contribution in [0.25, 0.3) is 11.1 Å². The van der Waals surface area contributed by atoms with Crippen molar-refractivity contribution in [3.8, 4) is 16.9 Å². The molecule has 200 valence electrons. The second-order valence-electron chi connectivity index (χ2n) is 9.91. The maximum absolute atomic E-state index is 13.3. The molecule has 2 N–H and O–H groups in total. The first-order valence-electron chi connectivity index (χ1n) is 13.0. The molecule has 0 aromatic heterocycles. The molecular weight excluding hydrogens is 496 g/mol. The molecule has 3 aromatic carbocycles. The van der Waals surface area contributed by atoms with E-state index < -0.39 is 12.0 Å². The van der Waals surface area contributed by atoms with Gasteiger partial charge >= 0.3 is 5.97 Å². The molecule has 38 heavy (non-hydrogen) atoms. The largest absolute Gasteiger partial charge is 0.489 e. The molecule has 4 rings (SSSR count). The quantitative estimate of drug-likeness (QED) is 0.333. The van der Waals surface area contributed by atoms with Crippen molar-refractivity contribution in [3.05, 3.63) is 89.5 Å². The lowest BCUT2D eigenvalue weighted by atomic mass is 9.93. The van der Waals surface area contributed by atoms with Gasteiger partial charge in [0.2, 0.25) is 0 Å². The molecular formula is C31H36N2O4S. The van der Waals surface area contributed by atoms with Gasteiger partial charge in [-0.2, -0.15) is 11.8 Å². The summed E-state index contributed by atoms with van der Waals surface area (Å²) in [5.74, 6) is 0.163. The van der Waals surface area contributed by atoms with Crippen molar-refractivity contribution in [1.82, 2.24) is 10.2 Å². The zero-order valence-electron chi connectivity index (χ0n) is 22.2. The topological polar surface area (TPSA) is 78.9 Å². The Morgan fingerprint density at radius 3 is 2.53 bits per heavy atom. The number of aliphatic carboxylic acids is 1. The zero-order chi connectivity index (χ0) is 27.1. The number of hydrogen-bond donors (Lipinski definition) is 2. The van der Waals surface area contributed by atoms with Gasteiger partial charge in [0.1, 0.15) is 17.9 Å². The lowest BCUT2D eigenvalue weighted by Crippen LogP contribution is -2.41. The lowest BCUT2D eigenvalue weighted by Gasteiger charge is -2.22. The van der Waals surface area contributed by atoms with Crippen LogP contribution in [0.4, 0.5) is 0 Å². The fourth-order valence-corrected chi connectivity index (χ4v) is 5.46. The predicted octanol–water partition coefficient (Wildman–Crippen LogP) is 5.64. The molecule has 3 unspecified atom stereocenters. The summed E-state index contributed by atoms with van der Waals surface area (Å²) >= 11 is 1.56. The number of hydrogen-bond acceptors (Lipinski definition) is 5. The Kier molecular flexibility index (Phi) is 9.48. The minimum absolute atomic E-state index is 0.127. The number of carbonyl (C=O) groups excluding carboxylic acids is 1. The molecule has 1 heterocycles. The number of nitrogens with one attached hydrogen (secondary N) is 1. The van der Waals surface area contributed by atoms with Crippen LogP contribution < -0.4 is 10.1 Å². The van der Waals surface area contributed by atoms with E-state index in [1.54, 1.807) is 11.8 Å². The fourth-order valence-electron chi connectivity index (χ4n) is 4.99. The number of likely N-dealkylation sites (tertiary alicyclic amines) is 1. The monoisotopic (exact) mass is 532 g/mol. The number of ether oxygens (including phenoxy) is 1. The van der Waals surface area contributed by atoms with Gasteiger partial charge in [-0.15, -0.1) is 0 Å². The van der Waals surface area contributed by atoms with Gasteiger partial charge in [-0.05, 0) is 78.8 Å². The first-order valence-corrected chi connectivity index (χ1v) is 14.4. The average Bonchev–Trinajstić information content (AvgIpc) is 3.25. The Bertz CT molecular complexity index is 1250. The third-order valence-corrected chi connectivity index (χ3v) is 7.72. The summed E-state index contributed by atoms with van der Waals surface area (Å²) in [6.45, 7) is 5.81. The Labute approximate surface area is 229 Å². The predicted molar refractivity (Wildman–Crippen MR) is 154 cm³/mol. The summed E-state index contributed by atoms with van der Waals surface area (Å²) in [6.07, 6.45) is 3.38. The molecule has 1 saturated heterocycles. The van der Waals surface area contributed by atoms with Crippen molar-refractivity contribution in [1.29, 1.82) is 0 Å². The van der Waals surface area contributed by atoms with Crippen molar-refractivity contribution in [2.75, 3.05) is 18.6 Å². The standard InChI is InChI=1S/C31H36N2O4S/c1-21-9-7-8-12-26(21)28-18-23(13-14-27(28)30(34)32-29(31(35)36)15-16-38-3)19-33-20-25(17-22(33)2)37-24-10-5-4-6-11-24/h4-14,18,22,25,29H,15-17,19-20H2,1-3H3,(H,32,34)(H,35,36). The number of para-hydroxylation sites is 1. The van der Waals surface area contributed by atoms with Crippen LogP contribution in [0, 0.1) is 6.92 Å². The summed E-state index contributed by atoms with van der Waals surface area (Å²) in [5.41, 5.74) is 4.43. The normalized spacial score (nSPS) is 18.2. The summed E-state index contributed by atoms with van der Waals surface area (Å²) in [5, 5.41) is 12.4. The Morgan fingerprint density at radius 2 is 1.82 bits per heavy atom. The smallest absolute Gasteiger partial charge is 0.326 e. The van der Waals surface area contributed by atoms with E-state index in [2.05, 4.69) is 23.2 Å². The van der Waals surface area contributed by atoms with Crippen LogP contribution in [0.2, 0.25) is 0 Å². The van der Waals surface area contributed by atoms with Crippen molar-refractivity contribution in [2.24, 2.45) is 0 Å². The van der Waals surface area contributed by atoms with Gasteiger partial charge < -0.3 is 15.2 Å². The lowest BCUT2D eigenvalue weighted by molar-refractivity contribution is -0.139. The molecule has 1 amide bonds. The van der Waals surface area contributed by atoms with Crippen molar-refractivity contribution in [2.45, 2.75) is 51.4 Å². The molecule has 0 saturated carbocycles. The number of amides is 1. The maximum Gasteiger partial charge on any atom is 0.326 e. The first-order chi connectivity index (χ1) is 18.4. The number of carbonyl (C=O) groups is 2. The van der Waals surface area contributed by atoms with Crippen LogP contribution in [-0.4, -0.2) is 58.6 Å². The van der Waals surface area contributed by atoms with Crippen LogP contribution in [0.3, 0.4) is 0 Å². The molecule has 0 bridgehead atoms. The van der Waals surface area contributed by atoms with Gasteiger partial charge in [-0.1, -0.05) is 48.5 Å². The average molecular weight is 533 g/mol. The first kappa shape index (κ1) is 27.7. The Morgan fingerprint density at radius 1 is 1.08 bits per heavy atom. The van der Waals surface area contributed by atoms with Gasteiger partial charge in [0.15, 0.2) is 0 Å². The van der Waals surface area contributed by atoms with Gasteiger partial charge in [-0.25, -0.2) is 4.79 Å². The number of carboxylic acids is 1. The molecule has 0 radical (unpaired) electrons. The van der Waals surface area contributed by atoms with E-state index in [1.807, 2.05) is 79.9 Å². The number of rotatable bonds is 11. The van der Waals surface area contributed by atoms with Crippen molar-refractivity contribution >= 4 is 23.6 Å². The Balaban J connectivity index is 1.56. The molecule has 0 spiro atoms. The molecule has 1 fully saturated rings. The van der Waals surface area contributed by atoms with Crippen molar-refractivity contribution < 1.29 is 19.4 Å². The maximum atomic E-state index is 13.3. The number of carboxylic acid groups (broad SMARTS) is 1. The van der Waals surface area contributed by atoms with Crippen LogP contribution in [0.1, 0.15) is 41.3 Å². The zero-order valence-corrected chi connectivity index (χ0v) is 23.0. The molecule has 1 aliphatic rings. The minimum Gasteiger partial charge on any atom is -0.489 e. The second kappa shape index (κ2) is 13.0. The van der Waals surface area contributed by atoms with E-state index in [-0.39, 0.29) is 12.0 Å². The number of thioether (sulfide) groups is 1. The molecule has 0 aliphatic carbocycles. The van der Waals surface area contributed by atoms with Crippen molar-refractivity contribution in [3.63, 3.8) is 0 Å². The van der Waals surface area contributed by atoms with Gasteiger partial charge in [0.05, 0.1) is 0 Å². The van der Waals surface area contributed by atoms with E-state index in [0.717, 1.165) is 47.5 Å². The van der Waals surface area contributed by atoms with E-state index in [1.165, 1.54) is 0 Å². The molecule has 6 nitrogen and oxygen atoms in total. The molecule has 3 aromatic rings. The summed E-state index contributed by atoms with van der Waals surface area (Å²) < 4.78 is 6.21. The SMILES string of the molecule is CSCCC(NC(=O)c1ccc(CN2CC(Oc3ccccc3)CC2C)cc1-c1ccccc1C)C(=O)O. The van der Waals surface area contributed by atoms with Gasteiger partial charge in [0.25, 0.3) is 5.91 Å². The van der Waals surface area contributed by atoms with E-state index in [0.29, 0.717) is 23.8 Å². The highest BCUT2D eigenvalue weighted by Crippen LogP contribution is 2.30. The highest BCUT2D eigenvalue weighted by molar-refractivity contribution is 7.98. The highest BCUT2D eigenvalue weighted by atomic mass is 32.2. The molecule has 3 atom stereocenters. The van der Waals surface area contributed by atoms with E-state index >= 15 is 0 Å². The molecule has 1 aliphatic heterocycles. The fraction of sp³-hybridized carbons (Fsp3) is 0.355. The van der Waals surface area contributed by atoms with E-state index in [9.17, 15) is 14.7 Å². The van der Waals surface area contributed by atoms with Crippen LogP contribution in [0.15, 0.2) is 72.8 Å². The second-order valence-corrected chi connectivity index (χ2v) is 10.9. The summed E-state index contributed by atoms with van der Waals surface area (Å²) in [7, 11) is 0. The van der Waals surface area contributed by atoms with Crippen LogP contribution >= 0.6 is 11.8 Å². The minimum atomic E-state index is -1.02. The summed E-state index contributed by atoms with van der Waals surface area (Å²) in [4.78, 5) is 27.5. The molecule has 7 heteroatoms. The van der Waals surface area contributed by atoms with Gasteiger partial charge in [0, 0.05) is 31.1 Å². The third-order valence-electron chi connectivity index (χ3n) is 7.08. The van der Waals surface area contributed by atoms with Crippen LogP contribution in [0.5, 0.6) is 5.75 Å². The van der Waals surface area contributed by atoms with E-state index in [4.69, 9.17) is 4.74 Å². The highest BCUT2D eigenvalue weighted by Gasteiger charge is 2.31. The number of benzene rings is 3. The summed E-state index contributed by atoms with van der Waals surface area (Å²) in [6, 6.07) is 23.2. The van der Waals surface area contributed by atoms with Crippen LogP contribution in [-0.2, 0) is 11.3 Å². The third kappa shape index (κ3) is 6.97. The number of nitrogens with zero attached hydrogens (tertiary/aromatic N) is 1.